The van der Waals surface area contributed by atoms with E-state index in [1.807, 2.05) is 47.4 Å². The Morgan fingerprint density at radius 2 is 1.90 bits per heavy atom. The number of rotatable bonds is 7. The number of ether oxygens (including phenoxy) is 1. The number of pyridine rings is 1. The summed E-state index contributed by atoms with van der Waals surface area (Å²) in [5.41, 5.74) is 3.53. The highest BCUT2D eigenvalue weighted by atomic mass is 32.2. The molecular formula is C24H23N3O3S. The van der Waals surface area contributed by atoms with Gasteiger partial charge in [0.2, 0.25) is 11.8 Å². The molecule has 1 aromatic heterocycles. The Labute approximate surface area is 185 Å². The Morgan fingerprint density at radius 3 is 2.77 bits per heavy atom. The van der Waals surface area contributed by atoms with E-state index in [-0.39, 0.29) is 17.6 Å². The topological polar surface area (TPSA) is 71.5 Å². The molecule has 2 heterocycles. The first-order chi connectivity index (χ1) is 15.2. The van der Waals surface area contributed by atoms with E-state index in [9.17, 15) is 9.59 Å². The number of carbonyl (C=O) groups excluding carboxylic acids is 2. The van der Waals surface area contributed by atoms with Crippen molar-refractivity contribution >= 4 is 29.3 Å². The normalized spacial score (nSPS) is 12.4. The predicted octanol–water partition coefficient (Wildman–Crippen LogP) is 3.70. The zero-order valence-electron chi connectivity index (χ0n) is 17.2. The summed E-state index contributed by atoms with van der Waals surface area (Å²) in [5.74, 6) is 0.606. The predicted molar refractivity (Wildman–Crippen MR) is 122 cm³/mol. The zero-order chi connectivity index (χ0) is 21.6. The third kappa shape index (κ3) is 4.72. The van der Waals surface area contributed by atoms with E-state index in [1.165, 1.54) is 17.3 Å². The van der Waals surface area contributed by atoms with Crippen molar-refractivity contribution in [3.8, 4) is 5.88 Å². The minimum atomic E-state index is -0.201. The molecule has 1 aliphatic rings. The van der Waals surface area contributed by atoms with Crippen LogP contribution in [0.15, 0.2) is 71.8 Å². The maximum absolute atomic E-state index is 12.8. The molecule has 0 saturated heterocycles. The van der Waals surface area contributed by atoms with Gasteiger partial charge in [0.05, 0.1) is 18.4 Å². The number of nitrogens with zero attached hydrogens (tertiary/aromatic N) is 2. The summed E-state index contributed by atoms with van der Waals surface area (Å²) >= 11 is 1.39. The van der Waals surface area contributed by atoms with Crippen molar-refractivity contribution in [2.75, 3.05) is 24.3 Å². The molecule has 3 aromatic rings. The Bertz CT molecular complexity index is 1100. The number of hydrogen-bond donors (Lipinski definition) is 1. The van der Waals surface area contributed by atoms with Crippen molar-refractivity contribution in [1.29, 1.82) is 0 Å². The molecule has 1 aliphatic heterocycles. The summed E-state index contributed by atoms with van der Waals surface area (Å²) in [6.45, 7) is 1.01. The second-order valence-electron chi connectivity index (χ2n) is 7.06. The summed E-state index contributed by atoms with van der Waals surface area (Å²) in [5, 5.41) is 2.92. The first kappa shape index (κ1) is 20.9. The van der Waals surface area contributed by atoms with E-state index in [1.54, 1.807) is 25.4 Å². The monoisotopic (exact) mass is 433 g/mol. The summed E-state index contributed by atoms with van der Waals surface area (Å²) in [6, 6.07) is 19.0. The number of fused-ring (bicyclic) bond motifs is 1. The van der Waals surface area contributed by atoms with E-state index in [2.05, 4.69) is 16.4 Å². The third-order valence-electron chi connectivity index (χ3n) is 5.15. The summed E-state index contributed by atoms with van der Waals surface area (Å²) in [4.78, 5) is 32.4. The fraction of sp³-hybridized carbons (Fsp3) is 0.208. The fourth-order valence-electron chi connectivity index (χ4n) is 3.61. The average molecular weight is 434 g/mol. The van der Waals surface area contributed by atoms with Gasteiger partial charge in [0.25, 0.3) is 5.91 Å². The standard InChI is InChI=1S/C24H23N3O3S/c1-30-24-18(8-6-13-25-24)15-26-23(29)19-9-3-5-11-21(19)31-16-22(28)27-14-12-17-7-2-4-10-20(17)27/h2-11,13H,12,14-16H2,1H3,(H,26,29). The molecule has 0 aliphatic carbocycles. The third-order valence-corrected chi connectivity index (χ3v) is 6.21. The number of aromatic nitrogens is 1. The number of para-hydroxylation sites is 1. The highest BCUT2D eigenvalue weighted by Gasteiger charge is 2.24. The molecule has 7 heteroatoms. The molecule has 6 nitrogen and oxygen atoms in total. The number of hydrogen-bond acceptors (Lipinski definition) is 5. The smallest absolute Gasteiger partial charge is 0.252 e. The minimum Gasteiger partial charge on any atom is -0.481 e. The van der Waals surface area contributed by atoms with Gasteiger partial charge in [-0.05, 0) is 36.2 Å². The first-order valence-electron chi connectivity index (χ1n) is 10.0. The maximum Gasteiger partial charge on any atom is 0.252 e. The SMILES string of the molecule is COc1ncccc1CNC(=O)c1ccccc1SCC(=O)N1CCc2ccccc21. The Morgan fingerprint density at radius 1 is 1.10 bits per heavy atom. The number of thioether (sulfide) groups is 1. The van der Waals surface area contributed by atoms with Crippen molar-refractivity contribution in [2.24, 2.45) is 0 Å². The van der Waals surface area contributed by atoms with Crippen LogP contribution in [0.4, 0.5) is 5.69 Å². The minimum absolute atomic E-state index is 0.0465. The fourth-order valence-corrected chi connectivity index (χ4v) is 4.53. The van der Waals surface area contributed by atoms with Gasteiger partial charge in [-0.25, -0.2) is 4.98 Å². The van der Waals surface area contributed by atoms with Gasteiger partial charge in [-0.1, -0.05) is 36.4 Å². The van der Waals surface area contributed by atoms with Gasteiger partial charge < -0.3 is 15.0 Å². The average Bonchev–Trinajstić information content (AvgIpc) is 3.25. The lowest BCUT2D eigenvalue weighted by Crippen LogP contribution is -2.30. The molecule has 0 spiro atoms. The number of anilines is 1. The van der Waals surface area contributed by atoms with Crippen molar-refractivity contribution < 1.29 is 14.3 Å². The molecule has 1 N–H and O–H groups in total. The molecule has 0 unspecified atom stereocenters. The van der Waals surface area contributed by atoms with Crippen LogP contribution in [0.25, 0.3) is 0 Å². The number of nitrogens with one attached hydrogen (secondary N) is 1. The Kier molecular flexibility index (Phi) is 6.52. The second kappa shape index (κ2) is 9.66. The van der Waals surface area contributed by atoms with Crippen molar-refractivity contribution in [2.45, 2.75) is 17.9 Å². The van der Waals surface area contributed by atoms with Gasteiger partial charge >= 0.3 is 0 Å². The van der Waals surface area contributed by atoms with Crippen molar-refractivity contribution in [3.63, 3.8) is 0 Å². The molecule has 2 aromatic carbocycles. The van der Waals surface area contributed by atoms with Crippen molar-refractivity contribution in [1.82, 2.24) is 10.3 Å². The largest absolute Gasteiger partial charge is 0.481 e. The second-order valence-corrected chi connectivity index (χ2v) is 8.08. The molecule has 0 atom stereocenters. The van der Waals surface area contributed by atoms with Crippen LogP contribution in [0.1, 0.15) is 21.5 Å². The molecule has 0 bridgehead atoms. The molecule has 158 valence electrons. The lowest BCUT2D eigenvalue weighted by atomic mass is 10.2. The molecule has 2 amide bonds. The lowest BCUT2D eigenvalue weighted by molar-refractivity contribution is -0.116. The Balaban J connectivity index is 1.40. The molecule has 31 heavy (non-hydrogen) atoms. The van der Waals surface area contributed by atoms with E-state index >= 15 is 0 Å². The van der Waals surface area contributed by atoms with Gasteiger partial charge in [0.15, 0.2) is 0 Å². The van der Waals surface area contributed by atoms with E-state index in [0.29, 0.717) is 24.5 Å². The summed E-state index contributed by atoms with van der Waals surface area (Å²) in [6.07, 6.45) is 2.52. The van der Waals surface area contributed by atoms with Crippen molar-refractivity contribution in [3.05, 3.63) is 83.6 Å². The van der Waals surface area contributed by atoms with Gasteiger partial charge in [-0.3, -0.25) is 9.59 Å². The number of amides is 2. The highest BCUT2D eigenvalue weighted by Crippen LogP contribution is 2.29. The van der Waals surface area contributed by atoms with Gasteiger partial charge in [0, 0.05) is 35.4 Å². The van der Waals surface area contributed by atoms with Crippen LogP contribution in [-0.4, -0.2) is 36.2 Å². The first-order valence-corrected chi connectivity index (χ1v) is 11.0. The zero-order valence-corrected chi connectivity index (χ0v) is 18.0. The summed E-state index contributed by atoms with van der Waals surface area (Å²) < 4.78 is 5.24. The quantitative estimate of drug-likeness (QED) is 0.576. The number of benzene rings is 2. The van der Waals surface area contributed by atoms with Gasteiger partial charge in [-0.2, -0.15) is 0 Å². The van der Waals surface area contributed by atoms with Crippen LogP contribution in [0, 0.1) is 0 Å². The van der Waals surface area contributed by atoms with Gasteiger partial charge in [0.1, 0.15) is 0 Å². The van der Waals surface area contributed by atoms with Crippen LogP contribution >= 0.6 is 11.8 Å². The number of carbonyl (C=O) groups is 2. The maximum atomic E-state index is 12.8. The van der Waals surface area contributed by atoms with Crippen LogP contribution in [-0.2, 0) is 17.8 Å². The molecule has 0 fully saturated rings. The molecular weight excluding hydrogens is 410 g/mol. The summed E-state index contributed by atoms with van der Waals surface area (Å²) in [7, 11) is 1.55. The van der Waals surface area contributed by atoms with Gasteiger partial charge in [-0.15, -0.1) is 11.8 Å². The molecule has 4 rings (SSSR count). The van der Waals surface area contributed by atoms with Crippen LogP contribution in [0.3, 0.4) is 0 Å². The van der Waals surface area contributed by atoms with Crippen LogP contribution < -0.4 is 15.0 Å². The van der Waals surface area contributed by atoms with Crippen LogP contribution in [0.2, 0.25) is 0 Å². The number of methoxy groups -OCH3 is 1. The van der Waals surface area contributed by atoms with E-state index < -0.39 is 0 Å². The molecule has 0 saturated carbocycles. The van der Waals surface area contributed by atoms with Crippen LogP contribution in [0.5, 0.6) is 5.88 Å². The lowest BCUT2D eigenvalue weighted by Gasteiger charge is -2.17. The van der Waals surface area contributed by atoms with E-state index in [4.69, 9.17) is 4.74 Å². The van der Waals surface area contributed by atoms with E-state index in [0.717, 1.165) is 22.6 Å². The Hall–Kier alpha value is -3.32. The highest BCUT2D eigenvalue weighted by molar-refractivity contribution is 8.00. The molecule has 0 radical (unpaired) electrons.